The first-order valence-electron chi connectivity index (χ1n) is 3.89. The van der Waals surface area contributed by atoms with Gasteiger partial charge in [-0.05, 0) is 6.07 Å². The summed E-state index contributed by atoms with van der Waals surface area (Å²) in [6.45, 7) is 1.23. The number of anilines is 1. The predicted octanol–water partition coefficient (Wildman–Crippen LogP) is 1.59. The lowest BCUT2D eigenvalue weighted by Gasteiger charge is -2.20. The van der Waals surface area contributed by atoms with E-state index in [1.807, 2.05) is 18.2 Å². The quantitative estimate of drug-likeness (QED) is 0.685. The molecule has 2 rings (SSSR count). The summed E-state index contributed by atoms with van der Waals surface area (Å²) < 4.78 is 10.4. The van der Waals surface area contributed by atoms with Gasteiger partial charge in [-0.25, -0.2) is 0 Å². The van der Waals surface area contributed by atoms with E-state index in [-0.39, 0.29) is 0 Å². The van der Waals surface area contributed by atoms with Gasteiger partial charge in [-0.15, -0.1) is 0 Å². The molecule has 3 heteroatoms. The van der Waals surface area contributed by atoms with Gasteiger partial charge in [0.2, 0.25) is 0 Å². The van der Waals surface area contributed by atoms with E-state index < -0.39 is 0 Å². The highest BCUT2D eigenvalue weighted by Gasteiger charge is 2.11. The second-order valence-electron chi connectivity index (χ2n) is 2.66. The summed E-state index contributed by atoms with van der Waals surface area (Å²) in [7, 11) is 1.67. The summed E-state index contributed by atoms with van der Waals surface area (Å²) in [5.41, 5.74) is 2.21. The number of rotatable bonds is 1. The molecule has 0 radical (unpaired) electrons. The standard InChI is InChI=1S/C9H11NO2/c1-11-8-4-2-3-7-5-12-6-10-9(7)8/h2-4,10H,5-6H2,1H3. The van der Waals surface area contributed by atoms with Crippen LogP contribution in [-0.4, -0.2) is 13.8 Å². The molecule has 0 aromatic heterocycles. The van der Waals surface area contributed by atoms with Crippen molar-refractivity contribution in [1.82, 2.24) is 0 Å². The van der Waals surface area contributed by atoms with Gasteiger partial charge in [-0.3, -0.25) is 0 Å². The normalized spacial score (nSPS) is 14.8. The molecule has 1 aromatic rings. The highest BCUT2D eigenvalue weighted by atomic mass is 16.5. The maximum Gasteiger partial charge on any atom is 0.142 e. The molecule has 0 fully saturated rings. The zero-order valence-electron chi connectivity index (χ0n) is 6.96. The lowest BCUT2D eigenvalue weighted by atomic mass is 10.1. The summed E-state index contributed by atoms with van der Waals surface area (Å²) in [4.78, 5) is 0. The van der Waals surface area contributed by atoms with Gasteiger partial charge in [0.15, 0.2) is 0 Å². The zero-order chi connectivity index (χ0) is 8.39. The molecule has 1 heterocycles. The molecule has 3 nitrogen and oxygen atoms in total. The number of methoxy groups -OCH3 is 1. The van der Waals surface area contributed by atoms with Crippen molar-refractivity contribution in [2.24, 2.45) is 0 Å². The zero-order valence-corrected chi connectivity index (χ0v) is 6.96. The Balaban J connectivity index is 2.44. The van der Waals surface area contributed by atoms with Crippen LogP contribution >= 0.6 is 0 Å². The van der Waals surface area contributed by atoms with Gasteiger partial charge in [0.05, 0.1) is 19.4 Å². The molecular formula is C9H11NO2. The lowest BCUT2D eigenvalue weighted by Crippen LogP contribution is -2.14. The fourth-order valence-electron chi connectivity index (χ4n) is 1.35. The highest BCUT2D eigenvalue weighted by molar-refractivity contribution is 5.62. The SMILES string of the molecule is COc1cccc2c1NCOC2. The molecule has 0 saturated carbocycles. The highest BCUT2D eigenvalue weighted by Crippen LogP contribution is 2.30. The van der Waals surface area contributed by atoms with E-state index >= 15 is 0 Å². The molecule has 0 atom stereocenters. The minimum atomic E-state index is 0.563. The van der Waals surface area contributed by atoms with Crippen molar-refractivity contribution in [2.75, 3.05) is 19.2 Å². The van der Waals surface area contributed by atoms with E-state index in [1.165, 1.54) is 0 Å². The number of fused-ring (bicyclic) bond motifs is 1. The van der Waals surface area contributed by atoms with E-state index in [0.29, 0.717) is 13.3 Å². The second kappa shape index (κ2) is 3.03. The van der Waals surface area contributed by atoms with E-state index in [2.05, 4.69) is 5.32 Å². The number of para-hydroxylation sites is 1. The van der Waals surface area contributed by atoms with Gasteiger partial charge in [0.25, 0.3) is 0 Å². The molecule has 0 aliphatic carbocycles. The first-order chi connectivity index (χ1) is 5.92. The first-order valence-corrected chi connectivity index (χ1v) is 3.89. The van der Waals surface area contributed by atoms with E-state index in [1.54, 1.807) is 7.11 Å². The van der Waals surface area contributed by atoms with Crippen molar-refractivity contribution in [2.45, 2.75) is 6.61 Å². The van der Waals surface area contributed by atoms with Gasteiger partial charge in [0, 0.05) is 5.56 Å². The maximum atomic E-state index is 5.23. The Labute approximate surface area is 71.3 Å². The minimum absolute atomic E-state index is 0.563. The Kier molecular flexibility index (Phi) is 1.87. The van der Waals surface area contributed by atoms with Crippen LogP contribution in [0.1, 0.15) is 5.56 Å². The first kappa shape index (κ1) is 7.43. The van der Waals surface area contributed by atoms with Gasteiger partial charge in [0.1, 0.15) is 12.5 Å². The fraction of sp³-hybridized carbons (Fsp3) is 0.333. The van der Waals surface area contributed by atoms with Crippen LogP contribution in [0, 0.1) is 0 Å². The summed E-state index contributed by atoms with van der Waals surface area (Å²) in [5, 5.41) is 3.13. The maximum absolute atomic E-state index is 5.23. The third-order valence-electron chi connectivity index (χ3n) is 1.94. The van der Waals surface area contributed by atoms with E-state index in [0.717, 1.165) is 17.0 Å². The fourth-order valence-corrected chi connectivity index (χ4v) is 1.35. The van der Waals surface area contributed by atoms with Gasteiger partial charge in [-0.1, -0.05) is 12.1 Å². The molecule has 1 aromatic carbocycles. The van der Waals surface area contributed by atoms with Crippen molar-refractivity contribution >= 4 is 5.69 Å². The van der Waals surface area contributed by atoms with Crippen LogP contribution in [0.5, 0.6) is 5.75 Å². The van der Waals surface area contributed by atoms with Crippen LogP contribution in [0.2, 0.25) is 0 Å². The Bertz CT molecular complexity index is 272. The second-order valence-corrected chi connectivity index (χ2v) is 2.66. The molecule has 1 N–H and O–H groups in total. The molecule has 0 unspecified atom stereocenters. The monoisotopic (exact) mass is 165 g/mol. The van der Waals surface area contributed by atoms with Crippen LogP contribution in [0.3, 0.4) is 0 Å². The van der Waals surface area contributed by atoms with Crippen molar-refractivity contribution in [3.63, 3.8) is 0 Å². The molecule has 1 aliphatic rings. The lowest BCUT2D eigenvalue weighted by molar-refractivity contribution is 0.130. The summed E-state index contributed by atoms with van der Waals surface area (Å²) in [6.07, 6.45) is 0. The van der Waals surface area contributed by atoms with E-state index in [9.17, 15) is 0 Å². The Morgan fingerprint density at radius 2 is 2.42 bits per heavy atom. The van der Waals surface area contributed by atoms with Crippen LogP contribution in [0.15, 0.2) is 18.2 Å². The molecule has 12 heavy (non-hydrogen) atoms. The summed E-state index contributed by atoms with van der Waals surface area (Å²) in [6, 6.07) is 5.94. The molecular weight excluding hydrogens is 154 g/mol. The molecule has 0 spiro atoms. The average molecular weight is 165 g/mol. The van der Waals surface area contributed by atoms with Crippen molar-refractivity contribution in [3.8, 4) is 5.75 Å². The van der Waals surface area contributed by atoms with Gasteiger partial charge >= 0.3 is 0 Å². The number of hydrogen-bond donors (Lipinski definition) is 1. The van der Waals surface area contributed by atoms with Crippen LogP contribution in [0.25, 0.3) is 0 Å². The van der Waals surface area contributed by atoms with Crippen molar-refractivity contribution in [3.05, 3.63) is 23.8 Å². The number of hydrogen-bond acceptors (Lipinski definition) is 3. The number of ether oxygens (including phenoxy) is 2. The molecule has 1 aliphatic heterocycles. The Hall–Kier alpha value is -1.22. The van der Waals surface area contributed by atoms with Crippen LogP contribution < -0.4 is 10.1 Å². The average Bonchev–Trinajstić information content (AvgIpc) is 2.17. The third kappa shape index (κ3) is 1.12. The Morgan fingerprint density at radius 1 is 1.50 bits per heavy atom. The largest absolute Gasteiger partial charge is 0.495 e. The molecule has 64 valence electrons. The molecule has 0 saturated heterocycles. The number of benzene rings is 1. The van der Waals surface area contributed by atoms with Gasteiger partial charge < -0.3 is 14.8 Å². The molecule has 0 amide bonds. The Morgan fingerprint density at radius 3 is 3.25 bits per heavy atom. The van der Waals surface area contributed by atoms with Crippen molar-refractivity contribution < 1.29 is 9.47 Å². The van der Waals surface area contributed by atoms with Crippen LogP contribution in [-0.2, 0) is 11.3 Å². The van der Waals surface area contributed by atoms with E-state index in [4.69, 9.17) is 9.47 Å². The smallest absolute Gasteiger partial charge is 0.142 e. The minimum Gasteiger partial charge on any atom is -0.495 e. The number of nitrogens with one attached hydrogen (secondary N) is 1. The topological polar surface area (TPSA) is 30.5 Å². The predicted molar refractivity (Wildman–Crippen MR) is 46.3 cm³/mol. The third-order valence-corrected chi connectivity index (χ3v) is 1.94. The van der Waals surface area contributed by atoms with Crippen LogP contribution in [0.4, 0.5) is 5.69 Å². The van der Waals surface area contributed by atoms with Gasteiger partial charge in [-0.2, -0.15) is 0 Å². The van der Waals surface area contributed by atoms with Crippen molar-refractivity contribution in [1.29, 1.82) is 0 Å². The summed E-state index contributed by atoms with van der Waals surface area (Å²) >= 11 is 0. The molecule has 0 bridgehead atoms. The summed E-state index contributed by atoms with van der Waals surface area (Å²) in [5.74, 6) is 0.885.